The Balaban J connectivity index is 2.21. The van der Waals surface area contributed by atoms with Gasteiger partial charge in [0.05, 0.1) is 10.6 Å². The van der Waals surface area contributed by atoms with E-state index < -0.39 is 0 Å². The van der Waals surface area contributed by atoms with Gasteiger partial charge < -0.3 is 4.90 Å². The van der Waals surface area contributed by atoms with E-state index in [1.165, 1.54) is 16.9 Å². The van der Waals surface area contributed by atoms with Crippen molar-refractivity contribution in [3.05, 3.63) is 44.9 Å². The first-order valence-corrected chi connectivity index (χ1v) is 8.57. The van der Waals surface area contributed by atoms with Crippen LogP contribution in [-0.4, -0.2) is 18.3 Å². The monoisotopic (exact) mass is 366 g/mol. The zero-order valence-electron chi connectivity index (χ0n) is 12.5. The van der Waals surface area contributed by atoms with Gasteiger partial charge in [-0.2, -0.15) is 0 Å². The second kappa shape index (κ2) is 7.18. The van der Waals surface area contributed by atoms with Crippen LogP contribution in [0.5, 0.6) is 0 Å². The molecule has 0 saturated heterocycles. The molecule has 0 aliphatic rings. The summed E-state index contributed by atoms with van der Waals surface area (Å²) in [6, 6.07) is 8.22. The van der Waals surface area contributed by atoms with Gasteiger partial charge in [0.15, 0.2) is 11.4 Å². The van der Waals surface area contributed by atoms with Crippen molar-refractivity contribution >= 4 is 38.7 Å². The lowest BCUT2D eigenvalue weighted by Crippen LogP contribution is -2.16. The Morgan fingerprint density at radius 3 is 2.86 bits per heavy atom. The third kappa shape index (κ3) is 3.92. The first-order chi connectivity index (χ1) is 10.0. The smallest absolute Gasteiger partial charge is 0.186 e. The molecule has 0 aliphatic heterocycles. The predicted octanol–water partition coefficient (Wildman–Crippen LogP) is 4.87. The maximum atomic E-state index is 11.2. The van der Waals surface area contributed by atoms with Crippen LogP contribution in [0.25, 0.3) is 0 Å². The molecular formula is C16H19BrN2OS. The Morgan fingerprint density at radius 1 is 1.48 bits per heavy atom. The van der Waals surface area contributed by atoms with Gasteiger partial charge in [-0.15, -0.1) is 0 Å². The number of anilines is 1. The molecule has 5 heteroatoms. The molecule has 3 nitrogen and oxygen atoms in total. The molecular weight excluding hydrogens is 348 g/mol. The number of aromatic nitrogens is 1. The highest BCUT2D eigenvalue weighted by molar-refractivity contribution is 9.10. The average molecular weight is 367 g/mol. The third-order valence-electron chi connectivity index (χ3n) is 3.49. The molecule has 0 N–H and O–H groups in total. The van der Waals surface area contributed by atoms with Crippen molar-refractivity contribution < 1.29 is 4.79 Å². The van der Waals surface area contributed by atoms with Crippen LogP contribution in [0.15, 0.2) is 28.7 Å². The molecule has 21 heavy (non-hydrogen) atoms. The molecule has 0 bridgehead atoms. The van der Waals surface area contributed by atoms with E-state index >= 15 is 0 Å². The first-order valence-electron chi connectivity index (χ1n) is 6.96. The van der Waals surface area contributed by atoms with Gasteiger partial charge in [0.2, 0.25) is 0 Å². The topological polar surface area (TPSA) is 33.2 Å². The van der Waals surface area contributed by atoms with E-state index in [0.717, 1.165) is 39.4 Å². The second-order valence-electron chi connectivity index (χ2n) is 5.16. The standard InChI is InChI=1S/C16H19BrN2OS/c1-4-11(2)15-14(10-20)21-16(18-15)19(3)9-12-6-5-7-13(17)8-12/h5-8,10-11H,4,9H2,1-3H3. The normalized spacial score (nSPS) is 12.2. The molecule has 0 amide bonds. The molecule has 1 atom stereocenters. The predicted molar refractivity (Wildman–Crippen MR) is 92.5 cm³/mol. The van der Waals surface area contributed by atoms with Crippen molar-refractivity contribution in [1.82, 2.24) is 4.98 Å². The minimum atomic E-state index is 0.314. The number of thiazole rings is 1. The van der Waals surface area contributed by atoms with E-state index in [0.29, 0.717) is 5.92 Å². The van der Waals surface area contributed by atoms with Gasteiger partial charge in [0.25, 0.3) is 0 Å². The summed E-state index contributed by atoms with van der Waals surface area (Å²) in [5.74, 6) is 0.314. The molecule has 0 fully saturated rings. The fourth-order valence-electron chi connectivity index (χ4n) is 2.10. The van der Waals surface area contributed by atoms with E-state index in [1.807, 2.05) is 19.2 Å². The maximum absolute atomic E-state index is 11.2. The minimum absolute atomic E-state index is 0.314. The highest BCUT2D eigenvalue weighted by Gasteiger charge is 2.17. The van der Waals surface area contributed by atoms with Gasteiger partial charge in [-0.05, 0) is 30.0 Å². The molecule has 2 aromatic rings. The van der Waals surface area contributed by atoms with E-state index in [1.54, 1.807) is 0 Å². The van der Waals surface area contributed by atoms with Gasteiger partial charge in [-0.1, -0.05) is 53.2 Å². The van der Waals surface area contributed by atoms with E-state index in [9.17, 15) is 4.79 Å². The van der Waals surface area contributed by atoms with Crippen LogP contribution in [0.4, 0.5) is 5.13 Å². The number of carbonyl (C=O) groups excluding carboxylic acids is 1. The van der Waals surface area contributed by atoms with Crippen LogP contribution >= 0.6 is 27.3 Å². The summed E-state index contributed by atoms with van der Waals surface area (Å²) in [5, 5.41) is 0.896. The van der Waals surface area contributed by atoms with Gasteiger partial charge in [-0.25, -0.2) is 4.98 Å². The van der Waals surface area contributed by atoms with Crippen molar-refractivity contribution in [3.63, 3.8) is 0 Å². The molecule has 0 aliphatic carbocycles. The summed E-state index contributed by atoms with van der Waals surface area (Å²) in [7, 11) is 2.01. The molecule has 0 spiro atoms. The Kier molecular flexibility index (Phi) is 5.53. The van der Waals surface area contributed by atoms with E-state index in [2.05, 4.69) is 51.8 Å². The van der Waals surface area contributed by atoms with Crippen LogP contribution in [0.1, 0.15) is 47.1 Å². The van der Waals surface area contributed by atoms with Gasteiger partial charge in [0.1, 0.15) is 0 Å². The number of rotatable bonds is 6. The Labute approximate surface area is 138 Å². The summed E-state index contributed by atoms with van der Waals surface area (Å²) < 4.78 is 1.07. The van der Waals surface area contributed by atoms with Gasteiger partial charge >= 0.3 is 0 Å². The van der Waals surface area contributed by atoms with E-state index in [-0.39, 0.29) is 0 Å². The quantitative estimate of drug-likeness (QED) is 0.683. The highest BCUT2D eigenvalue weighted by atomic mass is 79.9. The van der Waals surface area contributed by atoms with Crippen molar-refractivity contribution in [2.24, 2.45) is 0 Å². The number of carbonyl (C=O) groups is 1. The largest absolute Gasteiger partial charge is 0.347 e. The lowest BCUT2D eigenvalue weighted by Gasteiger charge is -2.16. The number of halogens is 1. The average Bonchev–Trinajstić information content (AvgIpc) is 2.90. The molecule has 1 aromatic carbocycles. The van der Waals surface area contributed by atoms with Crippen LogP contribution < -0.4 is 4.90 Å². The summed E-state index contributed by atoms with van der Waals surface area (Å²) in [5.41, 5.74) is 2.13. The summed E-state index contributed by atoms with van der Waals surface area (Å²) >= 11 is 4.96. The third-order valence-corrected chi connectivity index (χ3v) is 5.10. The Bertz CT molecular complexity index is 626. The summed E-state index contributed by atoms with van der Waals surface area (Å²) in [6.07, 6.45) is 1.91. The van der Waals surface area contributed by atoms with Crippen molar-refractivity contribution in [1.29, 1.82) is 0 Å². The second-order valence-corrected chi connectivity index (χ2v) is 7.08. The number of benzene rings is 1. The molecule has 112 valence electrons. The summed E-state index contributed by atoms with van der Waals surface area (Å²) in [4.78, 5) is 18.7. The zero-order valence-corrected chi connectivity index (χ0v) is 14.9. The van der Waals surface area contributed by atoms with Crippen molar-refractivity contribution in [2.45, 2.75) is 32.7 Å². The fraction of sp³-hybridized carbons (Fsp3) is 0.375. The highest BCUT2D eigenvalue weighted by Crippen LogP contribution is 2.31. The van der Waals surface area contributed by atoms with E-state index in [4.69, 9.17) is 0 Å². The number of hydrogen-bond acceptors (Lipinski definition) is 4. The zero-order chi connectivity index (χ0) is 15.4. The summed E-state index contributed by atoms with van der Waals surface area (Å²) in [6.45, 7) is 4.99. The van der Waals surface area contributed by atoms with Crippen molar-refractivity contribution in [2.75, 3.05) is 11.9 Å². The Hall–Kier alpha value is -1.20. The van der Waals surface area contributed by atoms with Gasteiger partial charge in [-0.3, -0.25) is 4.79 Å². The Morgan fingerprint density at radius 2 is 2.24 bits per heavy atom. The number of hydrogen-bond donors (Lipinski definition) is 0. The fourth-order valence-corrected chi connectivity index (χ4v) is 3.51. The van der Waals surface area contributed by atoms with Crippen LogP contribution in [0.3, 0.4) is 0 Å². The molecule has 1 heterocycles. The molecule has 0 radical (unpaired) electrons. The van der Waals surface area contributed by atoms with Crippen LogP contribution in [0.2, 0.25) is 0 Å². The molecule has 1 unspecified atom stereocenters. The lowest BCUT2D eigenvalue weighted by molar-refractivity contribution is 0.112. The molecule has 2 rings (SSSR count). The SMILES string of the molecule is CCC(C)c1nc(N(C)Cc2cccc(Br)c2)sc1C=O. The number of aldehydes is 1. The lowest BCUT2D eigenvalue weighted by atomic mass is 10.0. The maximum Gasteiger partial charge on any atom is 0.186 e. The van der Waals surface area contributed by atoms with Crippen molar-refractivity contribution in [3.8, 4) is 0 Å². The van der Waals surface area contributed by atoms with Gasteiger partial charge in [0, 0.05) is 18.1 Å². The molecule has 0 saturated carbocycles. The van der Waals surface area contributed by atoms with Crippen LogP contribution in [-0.2, 0) is 6.54 Å². The van der Waals surface area contributed by atoms with Crippen LogP contribution in [0, 0.1) is 0 Å². The minimum Gasteiger partial charge on any atom is -0.347 e. The molecule has 1 aromatic heterocycles. The first kappa shape index (κ1) is 16.2. The number of nitrogens with zero attached hydrogens (tertiary/aromatic N) is 2.